The van der Waals surface area contributed by atoms with Crippen LogP contribution in [-0.2, 0) is 14.8 Å². The molecule has 0 aromatic heterocycles. The highest BCUT2D eigenvalue weighted by Gasteiger charge is 2.29. The Morgan fingerprint density at radius 2 is 2.00 bits per heavy atom. The van der Waals surface area contributed by atoms with Gasteiger partial charge in [-0.2, -0.15) is 0 Å². The number of nitrogens with two attached hydrogens (primary N) is 1. The van der Waals surface area contributed by atoms with E-state index in [0.717, 1.165) is 12.8 Å². The maximum atomic E-state index is 12.1. The van der Waals surface area contributed by atoms with Crippen LogP contribution in [0.5, 0.6) is 0 Å². The number of hydrogen-bond donors (Lipinski definition) is 2. The van der Waals surface area contributed by atoms with Crippen molar-refractivity contribution in [3.05, 3.63) is 29.8 Å². The minimum atomic E-state index is -3.74. The summed E-state index contributed by atoms with van der Waals surface area (Å²) in [6.07, 6.45) is 1.76. The predicted molar refractivity (Wildman–Crippen MR) is 73.7 cm³/mol. The number of carbonyl (C=O) groups excluding carboxylic acids is 1. The molecule has 6 nitrogen and oxygen atoms in total. The van der Waals surface area contributed by atoms with Crippen molar-refractivity contribution < 1.29 is 17.9 Å². The van der Waals surface area contributed by atoms with E-state index in [-0.39, 0.29) is 16.3 Å². The molecule has 20 heavy (non-hydrogen) atoms. The molecule has 1 aromatic rings. The first-order valence-corrected chi connectivity index (χ1v) is 7.88. The number of rotatable bonds is 3. The Kier molecular flexibility index (Phi) is 4.12. The quantitative estimate of drug-likeness (QED) is 0.855. The van der Waals surface area contributed by atoms with Crippen molar-refractivity contribution in [2.24, 2.45) is 5.14 Å². The molecule has 0 bridgehead atoms. The van der Waals surface area contributed by atoms with Crippen LogP contribution in [0.3, 0.4) is 0 Å². The summed E-state index contributed by atoms with van der Waals surface area (Å²) >= 11 is 0. The Balaban J connectivity index is 2.09. The molecule has 110 valence electrons. The number of primary sulfonamides is 1. The standard InChI is InChI=1S/C13H18N2O4S/c1-13(7-2-8-19-9-13)15-12(16)10-3-5-11(6-4-10)20(14,17)18/h3-6H,2,7-9H2,1H3,(H,15,16)(H2,14,17,18). The Hall–Kier alpha value is -1.44. The van der Waals surface area contributed by atoms with E-state index in [0.29, 0.717) is 18.8 Å². The molecule has 0 radical (unpaired) electrons. The third-order valence-electron chi connectivity index (χ3n) is 3.30. The second kappa shape index (κ2) is 5.51. The van der Waals surface area contributed by atoms with E-state index in [2.05, 4.69) is 5.32 Å². The van der Waals surface area contributed by atoms with E-state index >= 15 is 0 Å². The molecule has 1 fully saturated rings. The van der Waals surface area contributed by atoms with E-state index in [1.54, 1.807) is 0 Å². The normalized spacial score (nSPS) is 23.3. The van der Waals surface area contributed by atoms with Gasteiger partial charge in [-0.1, -0.05) is 0 Å². The fraction of sp³-hybridized carbons (Fsp3) is 0.462. The molecule has 3 N–H and O–H groups in total. The summed E-state index contributed by atoms with van der Waals surface area (Å²) in [7, 11) is -3.74. The zero-order valence-electron chi connectivity index (χ0n) is 11.3. The minimum absolute atomic E-state index is 0.0127. The highest BCUT2D eigenvalue weighted by Crippen LogP contribution is 2.19. The summed E-state index contributed by atoms with van der Waals surface area (Å²) in [5.41, 5.74) is 0.0118. The molecule has 1 saturated heterocycles. The van der Waals surface area contributed by atoms with Gasteiger partial charge in [0, 0.05) is 12.2 Å². The van der Waals surface area contributed by atoms with Crippen molar-refractivity contribution in [1.29, 1.82) is 0 Å². The number of ether oxygens (including phenoxy) is 1. The van der Waals surface area contributed by atoms with Gasteiger partial charge in [0.1, 0.15) is 0 Å². The Labute approximate surface area is 118 Å². The first-order valence-electron chi connectivity index (χ1n) is 6.33. The lowest BCUT2D eigenvalue weighted by Gasteiger charge is -2.34. The molecule has 1 aliphatic heterocycles. The van der Waals surface area contributed by atoms with Gasteiger partial charge in [0.15, 0.2) is 0 Å². The number of carbonyl (C=O) groups is 1. The van der Waals surface area contributed by atoms with Crippen LogP contribution in [0.25, 0.3) is 0 Å². The second-order valence-corrected chi connectivity index (χ2v) is 6.80. The van der Waals surface area contributed by atoms with E-state index in [9.17, 15) is 13.2 Å². The Bertz CT molecular complexity index is 589. The van der Waals surface area contributed by atoms with Crippen molar-refractivity contribution in [2.45, 2.75) is 30.2 Å². The van der Waals surface area contributed by atoms with Crippen molar-refractivity contribution in [1.82, 2.24) is 5.32 Å². The van der Waals surface area contributed by atoms with Gasteiger partial charge in [-0.15, -0.1) is 0 Å². The summed E-state index contributed by atoms with van der Waals surface area (Å²) in [6.45, 7) is 3.13. The molecule has 1 aliphatic rings. The predicted octanol–water partition coefficient (Wildman–Crippen LogP) is 0.633. The number of benzene rings is 1. The fourth-order valence-electron chi connectivity index (χ4n) is 2.17. The molecule has 2 rings (SSSR count). The number of sulfonamides is 1. The molecular weight excluding hydrogens is 280 g/mol. The summed E-state index contributed by atoms with van der Waals surface area (Å²) in [6, 6.07) is 5.54. The van der Waals surface area contributed by atoms with Crippen LogP contribution in [0.15, 0.2) is 29.2 Å². The summed E-state index contributed by atoms with van der Waals surface area (Å²) in [4.78, 5) is 12.1. The molecule has 1 heterocycles. The number of amides is 1. The molecule has 1 aromatic carbocycles. The van der Waals surface area contributed by atoms with E-state index in [1.807, 2.05) is 6.92 Å². The summed E-state index contributed by atoms with van der Waals surface area (Å²) in [5.74, 6) is -0.251. The average Bonchev–Trinajstić information content (AvgIpc) is 2.38. The fourth-order valence-corrected chi connectivity index (χ4v) is 2.69. The van der Waals surface area contributed by atoms with Gasteiger partial charge in [-0.05, 0) is 44.0 Å². The third kappa shape index (κ3) is 3.56. The van der Waals surface area contributed by atoms with Crippen LogP contribution in [-0.4, -0.2) is 33.1 Å². The van der Waals surface area contributed by atoms with Crippen LogP contribution in [0.4, 0.5) is 0 Å². The molecule has 1 amide bonds. The van der Waals surface area contributed by atoms with Crippen molar-refractivity contribution in [3.8, 4) is 0 Å². The van der Waals surface area contributed by atoms with Crippen molar-refractivity contribution >= 4 is 15.9 Å². The SMILES string of the molecule is CC1(NC(=O)c2ccc(S(N)(=O)=O)cc2)CCCOC1. The van der Waals surface area contributed by atoms with Crippen LogP contribution in [0, 0.1) is 0 Å². The zero-order valence-corrected chi connectivity index (χ0v) is 12.1. The molecular formula is C13H18N2O4S. The smallest absolute Gasteiger partial charge is 0.251 e. The highest BCUT2D eigenvalue weighted by atomic mass is 32.2. The van der Waals surface area contributed by atoms with Crippen LogP contribution in [0.2, 0.25) is 0 Å². The molecule has 7 heteroatoms. The Morgan fingerprint density at radius 3 is 2.50 bits per heavy atom. The lowest BCUT2D eigenvalue weighted by atomic mass is 9.94. The molecule has 1 unspecified atom stereocenters. The van der Waals surface area contributed by atoms with Crippen LogP contribution in [0.1, 0.15) is 30.1 Å². The average molecular weight is 298 g/mol. The van der Waals surface area contributed by atoms with E-state index in [4.69, 9.17) is 9.88 Å². The van der Waals surface area contributed by atoms with Gasteiger partial charge in [0.25, 0.3) is 5.91 Å². The largest absolute Gasteiger partial charge is 0.379 e. The zero-order chi connectivity index (χ0) is 14.8. The summed E-state index contributed by atoms with van der Waals surface area (Å²) < 4.78 is 27.7. The van der Waals surface area contributed by atoms with Gasteiger partial charge in [-0.25, -0.2) is 13.6 Å². The second-order valence-electron chi connectivity index (χ2n) is 5.24. The molecule has 1 atom stereocenters. The maximum absolute atomic E-state index is 12.1. The van der Waals surface area contributed by atoms with Gasteiger partial charge in [0.2, 0.25) is 10.0 Å². The summed E-state index contributed by atoms with van der Waals surface area (Å²) in [5, 5.41) is 7.93. The van der Waals surface area contributed by atoms with Crippen LogP contribution >= 0.6 is 0 Å². The van der Waals surface area contributed by atoms with Gasteiger partial charge < -0.3 is 10.1 Å². The first-order chi connectivity index (χ1) is 9.30. The van der Waals surface area contributed by atoms with Crippen molar-refractivity contribution in [2.75, 3.05) is 13.2 Å². The maximum Gasteiger partial charge on any atom is 0.251 e. The van der Waals surface area contributed by atoms with Gasteiger partial charge in [-0.3, -0.25) is 4.79 Å². The van der Waals surface area contributed by atoms with Crippen LogP contribution < -0.4 is 10.5 Å². The van der Waals surface area contributed by atoms with Gasteiger partial charge >= 0.3 is 0 Å². The van der Waals surface area contributed by atoms with Gasteiger partial charge in [0.05, 0.1) is 17.0 Å². The monoisotopic (exact) mass is 298 g/mol. The molecule has 0 spiro atoms. The lowest BCUT2D eigenvalue weighted by molar-refractivity contribution is 0.0272. The topological polar surface area (TPSA) is 98.5 Å². The molecule has 0 aliphatic carbocycles. The number of nitrogens with one attached hydrogen (secondary N) is 1. The lowest BCUT2D eigenvalue weighted by Crippen LogP contribution is -2.51. The van der Waals surface area contributed by atoms with E-state index in [1.165, 1.54) is 24.3 Å². The molecule has 0 saturated carbocycles. The Morgan fingerprint density at radius 1 is 1.35 bits per heavy atom. The number of hydrogen-bond acceptors (Lipinski definition) is 4. The minimum Gasteiger partial charge on any atom is -0.379 e. The van der Waals surface area contributed by atoms with E-state index < -0.39 is 10.0 Å². The first kappa shape index (κ1) is 15.0. The third-order valence-corrected chi connectivity index (χ3v) is 4.23. The van der Waals surface area contributed by atoms with Crippen molar-refractivity contribution in [3.63, 3.8) is 0 Å². The highest BCUT2D eigenvalue weighted by molar-refractivity contribution is 7.89.